The van der Waals surface area contributed by atoms with E-state index in [0.29, 0.717) is 0 Å². The second-order valence-electron chi connectivity index (χ2n) is 4.79. The van der Waals surface area contributed by atoms with Crippen LogP contribution in [0.15, 0.2) is 48.8 Å². The molecule has 3 N–H and O–H groups in total. The molecular weight excluding hydrogens is 236 g/mol. The smallest absolute Gasteiger partial charge is 0.0855 e. The first-order valence-electron chi connectivity index (χ1n) is 6.60. The Morgan fingerprint density at radius 1 is 1.16 bits per heavy atom. The molecule has 3 rings (SSSR count). The molecule has 4 heteroatoms. The summed E-state index contributed by atoms with van der Waals surface area (Å²) in [5, 5.41) is 3.39. The highest BCUT2D eigenvalue weighted by Crippen LogP contribution is 2.28. The van der Waals surface area contributed by atoms with Crippen LogP contribution in [0.5, 0.6) is 0 Å². The van der Waals surface area contributed by atoms with E-state index in [-0.39, 0.29) is 6.17 Å². The minimum absolute atomic E-state index is 0.0332. The molecule has 0 radical (unpaired) electrons. The number of rotatable bonds is 4. The van der Waals surface area contributed by atoms with Crippen LogP contribution in [0.2, 0.25) is 0 Å². The number of hydrogen-bond acceptors (Lipinski definition) is 4. The molecule has 4 nitrogen and oxygen atoms in total. The lowest BCUT2D eigenvalue weighted by molar-refractivity contribution is 0.122. The fourth-order valence-electron chi connectivity index (χ4n) is 2.28. The number of aromatic nitrogens is 1. The van der Waals surface area contributed by atoms with Gasteiger partial charge >= 0.3 is 0 Å². The molecule has 0 amide bonds. The van der Waals surface area contributed by atoms with Gasteiger partial charge in [0.15, 0.2) is 0 Å². The number of nitrogens with two attached hydrogens (primary N) is 1. The van der Waals surface area contributed by atoms with Crippen LogP contribution in [-0.4, -0.2) is 23.0 Å². The van der Waals surface area contributed by atoms with E-state index < -0.39 is 0 Å². The number of likely N-dealkylation sites (tertiary alicyclic amines) is 1. The average molecular weight is 254 g/mol. The van der Waals surface area contributed by atoms with Crippen molar-refractivity contribution in [1.29, 1.82) is 0 Å². The zero-order chi connectivity index (χ0) is 13.1. The lowest BCUT2D eigenvalue weighted by Gasteiger charge is -2.37. The van der Waals surface area contributed by atoms with Gasteiger partial charge in [0.05, 0.1) is 18.1 Å². The lowest BCUT2D eigenvalue weighted by atomic mass is 10.1. The van der Waals surface area contributed by atoms with Crippen LogP contribution in [-0.2, 0) is 0 Å². The third kappa shape index (κ3) is 2.59. The van der Waals surface area contributed by atoms with E-state index in [0.717, 1.165) is 30.0 Å². The van der Waals surface area contributed by atoms with E-state index in [2.05, 4.69) is 27.3 Å². The maximum atomic E-state index is 6.33. The van der Waals surface area contributed by atoms with Crippen LogP contribution in [0.4, 0.5) is 11.4 Å². The molecule has 2 heterocycles. The zero-order valence-corrected chi connectivity index (χ0v) is 10.8. The third-order valence-electron chi connectivity index (χ3n) is 3.50. The largest absolute Gasteiger partial charge is 0.354 e. The normalized spacial score (nSPS) is 16.7. The predicted molar refractivity (Wildman–Crippen MR) is 77.1 cm³/mol. The summed E-state index contributed by atoms with van der Waals surface area (Å²) in [6.45, 7) is 2.17. The van der Waals surface area contributed by atoms with Crippen LogP contribution in [0.3, 0.4) is 0 Å². The van der Waals surface area contributed by atoms with E-state index in [9.17, 15) is 0 Å². The highest BCUT2D eigenvalue weighted by atomic mass is 15.3. The Bertz CT molecular complexity index is 537. The van der Waals surface area contributed by atoms with Crippen molar-refractivity contribution in [3.63, 3.8) is 0 Å². The average Bonchev–Trinajstić information content (AvgIpc) is 2.38. The van der Waals surface area contributed by atoms with Crippen molar-refractivity contribution in [3.05, 3.63) is 54.4 Å². The Kier molecular flexibility index (Phi) is 3.44. The minimum Gasteiger partial charge on any atom is -0.354 e. The van der Waals surface area contributed by atoms with Crippen LogP contribution in [0, 0.1) is 0 Å². The summed E-state index contributed by atoms with van der Waals surface area (Å²) < 4.78 is 0. The maximum Gasteiger partial charge on any atom is 0.0855 e. The Labute approximate surface area is 113 Å². The molecule has 0 saturated carbocycles. The summed E-state index contributed by atoms with van der Waals surface area (Å²) in [6.07, 6.45) is 4.79. The van der Waals surface area contributed by atoms with E-state index in [4.69, 9.17) is 5.73 Å². The highest BCUT2D eigenvalue weighted by molar-refractivity contribution is 5.63. The summed E-state index contributed by atoms with van der Waals surface area (Å²) in [4.78, 5) is 6.40. The number of benzene rings is 1. The monoisotopic (exact) mass is 254 g/mol. The van der Waals surface area contributed by atoms with Gasteiger partial charge in [-0.1, -0.05) is 18.2 Å². The van der Waals surface area contributed by atoms with Crippen molar-refractivity contribution in [3.8, 4) is 0 Å². The van der Waals surface area contributed by atoms with Gasteiger partial charge in [-0.2, -0.15) is 0 Å². The van der Waals surface area contributed by atoms with Gasteiger partial charge < -0.3 is 11.1 Å². The number of hydrogen-bond donors (Lipinski definition) is 2. The number of anilines is 2. The first-order valence-corrected chi connectivity index (χ1v) is 6.60. The first-order chi connectivity index (χ1) is 9.34. The quantitative estimate of drug-likeness (QED) is 0.880. The number of nitrogens with one attached hydrogen (secondary N) is 1. The van der Waals surface area contributed by atoms with E-state index in [1.54, 1.807) is 6.20 Å². The van der Waals surface area contributed by atoms with Crippen LogP contribution in [0.1, 0.15) is 18.2 Å². The molecule has 2 aromatic rings. The molecule has 1 aliphatic rings. The Morgan fingerprint density at radius 3 is 2.68 bits per heavy atom. The molecule has 19 heavy (non-hydrogen) atoms. The van der Waals surface area contributed by atoms with Crippen molar-refractivity contribution in [1.82, 2.24) is 9.88 Å². The van der Waals surface area contributed by atoms with Crippen molar-refractivity contribution in [2.75, 3.05) is 18.4 Å². The van der Waals surface area contributed by atoms with Gasteiger partial charge in [0.2, 0.25) is 0 Å². The van der Waals surface area contributed by atoms with E-state index in [1.807, 2.05) is 30.5 Å². The fraction of sp³-hybridized carbons (Fsp3) is 0.267. The molecule has 1 saturated heterocycles. The van der Waals surface area contributed by atoms with Crippen LogP contribution >= 0.6 is 0 Å². The fourth-order valence-corrected chi connectivity index (χ4v) is 2.28. The van der Waals surface area contributed by atoms with Gasteiger partial charge in [-0.05, 0) is 24.6 Å². The van der Waals surface area contributed by atoms with Gasteiger partial charge in [-0.3, -0.25) is 9.88 Å². The summed E-state index contributed by atoms with van der Waals surface area (Å²) in [5.41, 5.74) is 9.48. The Balaban J connectivity index is 1.84. The number of pyridine rings is 1. The molecule has 1 aromatic heterocycles. The standard InChI is InChI=1S/C15H18N4/c16-15(19-9-4-10-19)13-6-1-2-7-14(13)18-12-5-3-8-17-11-12/h1-3,5-8,11,15,18H,4,9-10,16H2. The molecule has 1 aromatic carbocycles. The van der Waals surface area contributed by atoms with Crippen molar-refractivity contribution >= 4 is 11.4 Å². The van der Waals surface area contributed by atoms with E-state index >= 15 is 0 Å². The lowest BCUT2D eigenvalue weighted by Crippen LogP contribution is -2.44. The molecule has 0 bridgehead atoms. The zero-order valence-electron chi connectivity index (χ0n) is 10.8. The molecule has 98 valence electrons. The van der Waals surface area contributed by atoms with Crippen molar-refractivity contribution in [2.24, 2.45) is 5.73 Å². The highest BCUT2D eigenvalue weighted by Gasteiger charge is 2.23. The number of nitrogens with zero attached hydrogens (tertiary/aromatic N) is 2. The Morgan fingerprint density at radius 2 is 2.00 bits per heavy atom. The molecule has 1 fully saturated rings. The topological polar surface area (TPSA) is 54.2 Å². The molecule has 1 unspecified atom stereocenters. The molecule has 0 spiro atoms. The van der Waals surface area contributed by atoms with Crippen LogP contribution < -0.4 is 11.1 Å². The Hall–Kier alpha value is -1.91. The van der Waals surface area contributed by atoms with E-state index in [1.165, 1.54) is 6.42 Å². The van der Waals surface area contributed by atoms with Gasteiger partial charge in [0.1, 0.15) is 0 Å². The molecule has 1 atom stereocenters. The van der Waals surface area contributed by atoms with Crippen LogP contribution in [0.25, 0.3) is 0 Å². The summed E-state index contributed by atoms with van der Waals surface area (Å²) in [5.74, 6) is 0. The van der Waals surface area contributed by atoms with Gasteiger partial charge in [0, 0.05) is 30.5 Å². The maximum absolute atomic E-state index is 6.33. The molecular formula is C15H18N4. The SMILES string of the molecule is NC(c1ccccc1Nc1cccnc1)N1CCC1. The second kappa shape index (κ2) is 5.38. The first kappa shape index (κ1) is 12.1. The van der Waals surface area contributed by atoms with Crippen molar-refractivity contribution < 1.29 is 0 Å². The predicted octanol–water partition coefficient (Wildman–Crippen LogP) is 2.49. The third-order valence-corrected chi connectivity index (χ3v) is 3.50. The summed E-state index contributed by atoms with van der Waals surface area (Å²) >= 11 is 0. The molecule has 1 aliphatic heterocycles. The summed E-state index contributed by atoms with van der Waals surface area (Å²) in [7, 11) is 0. The minimum atomic E-state index is -0.0332. The van der Waals surface area contributed by atoms with Crippen molar-refractivity contribution in [2.45, 2.75) is 12.6 Å². The molecule has 0 aliphatic carbocycles. The summed E-state index contributed by atoms with van der Waals surface area (Å²) in [6, 6.07) is 12.1. The van der Waals surface area contributed by atoms with Gasteiger partial charge in [-0.25, -0.2) is 0 Å². The second-order valence-corrected chi connectivity index (χ2v) is 4.79. The van der Waals surface area contributed by atoms with Gasteiger partial charge in [-0.15, -0.1) is 0 Å². The van der Waals surface area contributed by atoms with Gasteiger partial charge in [0.25, 0.3) is 0 Å². The number of para-hydroxylation sites is 1.